The molecule has 26 nitrogen and oxygen atoms in total. The molecule has 0 unspecified atom stereocenters. The Kier molecular flexibility index (Phi) is 17.6. The van der Waals surface area contributed by atoms with Crippen LogP contribution >= 0.6 is 0 Å². The van der Waals surface area contributed by atoms with Gasteiger partial charge in [0.15, 0.2) is 43.0 Å². The average molecular weight is 1320 g/mol. The van der Waals surface area contributed by atoms with Crippen LogP contribution in [0.5, 0.6) is 46.0 Å². The highest BCUT2D eigenvalue weighted by molar-refractivity contribution is 7.88. The zero-order chi connectivity index (χ0) is 65.9. The summed E-state index contributed by atoms with van der Waals surface area (Å²) in [6, 6.07) is 31.1. The number of nitrogens with zero attached hydrogens (tertiary/aromatic N) is 8. The fraction of sp³-hybridized carbons (Fsp3) is 0.129. The lowest BCUT2D eigenvalue weighted by atomic mass is 10.0. The number of fused-ring (bicyclic) bond motifs is 4. The first kappa shape index (κ1) is 63.5. The third kappa shape index (κ3) is 12.6. The van der Waals surface area contributed by atoms with Crippen LogP contribution in [-0.4, -0.2) is 65.7 Å². The van der Waals surface area contributed by atoms with Gasteiger partial charge < -0.3 is 37.2 Å². The second-order valence-corrected chi connectivity index (χ2v) is 26.5. The summed E-state index contributed by atoms with van der Waals surface area (Å²) < 4.78 is 134. The number of diazo groups is 4. The summed E-state index contributed by atoms with van der Waals surface area (Å²) in [6.45, 7) is 0. The van der Waals surface area contributed by atoms with E-state index in [1.165, 1.54) is 84.9 Å². The molecule has 92 heavy (non-hydrogen) atoms. The maximum Gasteiger partial charge on any atom is 0.426 e. The molecule has 0 saturated carbocycles. The first-order chi connectivity index (χ1) is 43.9. The largest absolute Gasteiger partial charge is 0.501 e. The minimum atomic E-state index is -4.94. The normalized spacial score (nSPS) is 11.7. The van der Waals surface area contributed by atoms with Crippen LogP contribution in [0.15, 0.2) is 177 Å². The Morgan fingerprint density at radius 1 is 0.326 bits per heavy atom. The van der Waals surface area contributed by atoms with Crippen LogP contribution < -0.4 is 16.7 Å². The summed E-state index contributed by atoms with van der Waals surface area (Å²) in [7, 11) is -19.5. The highest BCUT2D eigenvalue weighted by Gasteiger charge is 2.32. The van der Waals surface area contributed by atoms with Gasteiger partial charge in [-0.2, -0.15) is 33.7 Å². The topological polar surface area (TPSA) is 401 Å². The van der Waals surface area contributed by atoms with E-state index >= 15 is 0 Å². The second-order valence-electron chi connectivity index (χ2n) is 20.5. The Balaban J connectivity index is 0.837. The van der Waals surface area contributed by atoms with Gasteiger partial charge >= 0.3 is 63.2 Å². The van der Waals surface area contributed by atoms with Crippen molar-refractivity contribution < 1.29 is 80.4 Å². The van der Waals surface area contributed by atoms with Crippen molar-refractivity contribution in [2.75, 3.05) is 0 Å². The first-order valence-electron chi connectivity index (χ1n) is 27.4. The van der Waals surface area contributed by atoms with Gasteiger partial charge in [0.25, 0.3) is 0 Å². The molecule has 10 aromatic rings. The standard InChI is InChI=1S/C62H42N8O18S4/c63-67-47-29-25-37-41(59(47)73)11-7-17-55(37)89(77,78)85-35-21-23-45(53(33-35)87-91(81,82)57-19-9-13-43-39(57)27-31-49(69-65)61(43)75)51(71)15-5-3-1-2-4-6-16-52(72)46-24-22-36(86-90(79,80)56-18-8-12-42-38(56)26-30-48(68-64)60(42)74)34-54(46)88-92(83,84)58-20-10-14-44-40(58)28-32-50(70-66)62(44)76/h7-14,17-34H,1-6,15-16H2/p+4. The highest BCUT2D eigenvalue weighted by atomic mass is 32.2. The number of carbonyl (C=O) groups excluding carboxylic acids is 2. The molecule has 4 N–H and O–H groups in total. The van der Waals surface area contributed by atoms with Gasteiger partial charge in [0.1, 0.15) is 31.1 Å². The van der Waals surface area contributed by atoms with Gasteiger partial charge in [0.05, 0.1) is 11.1 Å². The van der Waals surface area contributed by atoms with Gasteiger partial charge in [-0.05, 0) is 85.6 Å². The van der Waals surface area contributed by atoms with Crippen molar-refractivity contribution in [3.8, 4) is 46.0 Å². The van der Waals surface area contributed by atoms with Crippen LogP contribution in [-0.2, 0) is 40.5 Å². The summed E-state index contributed by atoms with van der Waals surface area (Å²) in [5.74, 6) is -5.71. The molecule has 0 saturated heterocycles. The number of hydrogen-bond donors (Lipinski definition) is 4. The van der Waals surface area contributed by atoms with E-state index in [2.05, 4.69) is 19.9 Å². The van der Waals surface area contributed by atoms with Gasteiger partial charge in [-0.3, -0.25) is 9.59 Å². The maximum absolute atomic E-state index is 14.2. The Labute approximate surface area is 522 Å². The zero-order valence-corrected chi connectivity index (χ0v) is 50.6. The Hall–Kier alpha value is -11.5. The van der Waals surface area contributed by atoms with E-state index in [9.17, 15) is 85.3 Å². The lowest BCUT2D eigenvalue weighted by Gasteiger charge is -2.15. The van der Waals surface area contributed by atoms with Crippen LogP contribution in [0.1, 0.15) is 72.1 Å². The molecular formula is C62H46N8O18S4+4. The van der Waals surface area contributed by atoms with E-state index in [0.717, 1.165) is 72.8 Å². The van der Waals surface area contributed by atoms with Crippen molar-refractivity contribution in [1.82, 2.24) is 0 Å². The van der Waals surface area contributed by atoms with Gasteiger partial charge in [-0.25, -0.2) is 0 Å². The first-order valence-corrected chi connectivity index (χ1v) is 33.1. The minimum absolute atomic E-state index is 0.0131. The smallest absolute Gasteiger partial charge is 0.426 e. The molecule has 0 fully saturated rings. The molecule has 0 aromatic heterocycles. The predicted molar refractivity (Wildman–Crippen MR) is 331 cm³/mol. The van der Waals surface area contributed by atoms with Gasteiger partial charge in [-0.1, -0.05) is 74.2 Å². The SMILES string of the molecule is N#[N+]c1ccc2c(S(=O)(=O)Oc3ccc(C(=O)CCCCCCCCC(=O)c4ccc(OS(=O)(=O)c5cccc6c(O)c([N+]#N)ccc56)cc4OS(=O)(=O)c4cccc5c(O)c([N+]#N)ccc45)c(OS(=O)(=O)c4cccc5c(O)c([N+]#N)ccc45)c3)cccc2c1O. The van der Waals surface area contributed by atoms with Crippen molar-refractivity contribution in [3.05, 3.63) is 189 Å². The molecule has 462 valence electrons. The summed E-state index contributed by atoms with van der Waals surface area (Å²) in [5, 5.41) is 79.6. The Morgan fingerprint density at radius 2 is 0.587 bits per heavy atom. The van der Waals surface area contributed by atoms with E-state index in [1.807, 2.05) is 0 Å². The number of rotatable bonds is 23. The molecule has 0 spiro atoms. The van der Waals surface area contributed by atoms with E-state index in [1.54, 1.807) is 0 Å². The number of phenols is 4. The third-order valence-electron chi connectivity index (χ3n) is 14.8. The molecule has 0 heterocycles. The quantitative estimate of drug-likeness (QED) is 0.0200. The molecular weight excluding hydrogens is 1270 g/mol. The molecule has 0 aliphatic rings. The molecule has 30 heteroatoms. The van der Waals surface area contributed by atoms with Crippen LogP contribution in [0.25, 0.3) is 63.0 Å². The Bertz CT molecular complexity index is 5100. The average Bonchev–Trinajstić information content (AvgIpc) is 0.859. The number of carbonyl (C=O) groups is 2. The third-order valence-corrected chi connectivity index (χ3v) is 20.0. The van der Waals surface area contributed by atoms with Crippen LogP contribution in [0.4, 0.5) is 22.7 Å². The van der Waals surface area contributed by atoms with E-state index in [4.69, 9.17) is 16.7 Å². The monoisotopic (exact) mass is 1320 g/mol. The van der Waals surface area contributed by atoms with Crippen LogP contribution in [0, 0.1) is 21.6 Å². The summed E-state index contributed by atoms with van der Waals surface area (Å²) >= 11 is 0. The zero-order valence-electron chi connectivity index (χ0n) is 47.4. The predicted octanol–water partition coefficient (Wildman–Crippen LogP) is 14.3. The highest BCUT2D eigenvalue weighted by Crippen LogP contribution is 2.44. The number of aromatic hydroxyl groups is 4. The molecule has 0 bridgehead atoms. The summed E-state index contributed by atoms with van der Waals surface area (Å²) in [4.78, 5) is 38.1. The number of benzene rings is 10. The van der Waals surface area contributed by atoms with Crippen molar-refractivity contribution in [2.24, 2.45) is 0 Å². The lowest BCUT2D eigenvalue weighted by Crippen LogP contribution is -2.14. The van der Waals surface area contributed by atoms with E-state index in [0.29, 0.717) is 25.7 Å². The lowest BCUT2D eigenvalue weighted by molar-refractivity contribution is 0.0967. The number of unbranched alkanes of at least 4 members (excludes halogenated alkanes) is 5. The van der Waals surface area contributed by atoms with Crippen molar-refractivity contribution in [2.45, 2.75) is 70.9 Å². The summed E-state index contributed by atoms with van der Waals surface area (Å²) in [5.41, 5.74) is -1.61. The van der Waals surface area contributed by atoms with Crippen molar-refractivity contribution in [1.29, 1.82) is 21.6 Å². The number of ketones is 2. The second kappa shape index (κ2) is 25.5. The fourth-order valence-corrected chi connectivity index (χ4v) is 14.9. The Morgan fingerprint density at radius 3 is 0.859 bits per heavy atom. The van der Waals surface area contributed by atoms with E-state index < -0.39 is 118 Å². The molecule has 0 aliphatic heterocycles. The van der Waals surface area contributed by atoms with Crippen molar-refractivity contribution >= 4 is 118 Å². The fourth-order valence-electron chi connectivity index (χ4n) is 10.3. The van der Waals surface area contributed by atoms with Gasteiger partial charge in [0, 0.05) is 92.3 Å². The summed E-state index contributed by atoms with van der Waals surface area (Å²) in [6.07, 6.45) is 2.04. The maximum atomic E-state index is 14.2. The molecule has 0 radical (unpaired) electrons. The van der Waals surface area contributed by atoms with Crippen LogP contribution in [0.2, 0.25) is 0 Å². The van der Waals surface area contributed by atoms with Crippen molar-refractivity contribution in [3.63, 3.8) is 0 Å². The van der Waals surface area contributed by atoms with Gasteiger partial charge in [0.2, 0.25) is 44.6 Å². The van der Waals surface area contributed by atoms with Gasteiger partial charge in [-0.15, -0.1) is 0 Å². The number of phenolic OH excluding ortho intramolecular Hbond substituents is 4. The molecule has 0 amide bonds. The van der Waals surface area contributed by atoms with Crippen LogP contribution in [0.3, 0.4) is 0 Å². The number of Topliss-reactive ketones (excluding diaryl/α,β-unsaturated/α-hetero) is 2. The molecule has 0 aliphatic carbocycles. The molecule has 0 atom stereocenters. The minimum Gasteiger partial charge on any atom is -0.501 e. The molecule has 10 rings (SSSR count). The molecule has 10 aromatic carbocycles. The number of hydrogen-bond acceptors (Lipinski definition) is 22. The van der Waals surface area contributed by atoms with E-state index in [-0.39, 0.29) is 103 Å².